The van der Waals surface area contributed by atoms with Crippen LogP contribution in [0.5, 0.6) is 0 Å². The van der Waals surface area contributed by atoms with Crippen LogP contribution in [-0.4, -0.2) is 35.5 Å². The van der Waals surface area contributed by atoms with Crippen molar-refractivity contribution in [2.24, 2.45) is 22.7 Å². The molecule has 1 saturated heterocycles. The quantitative estimate of drug-likeness (QED) is 0.566. The second-order valence-corrected chi connectivity index (χ2v) is 10.1. The molecule has 0 aromatic rings. The number of aliphatic hydroxyl groups is 1. The zero-order valence-corrected chi connectivity index (χ0v) is 16.9. The minimum atomic E-state index is -0.538. The van der Waals surface area contributed by atoms with Crippen molar-refractivity contribution in [3.63, 3.8) is 0 Å². The van der Waals surface area contributed by atoms with Crippen molar-refractivity contribution in [2.45, 2.75) is 91.0 Å². The number of fused-ring (bicyclic) bond motifs is 5. The fourth-order valence-electron chi connectivity index (χ4n) is 6.75. The molecule has 4 rings (SSSR count). The molecule has 4 heteroatoms. The van der Waals surface area contributed by atoms with Crippen molar-refractivity contribution in [1.82, 2.24) is 0 Å². The monoisotopic (exact) mass is 362 g/mol. The highest BCUT2D eigenvalue weighted by Crippen LogP contribution is 2.62. The maximum Gasteiger partial charge on any atom is 0.303 e. The Hall–Kier alpha value is -0.870. The zero-order valence-electron chi connectivity index (χ0n) is 16.9. The van der Waals surface area contributed by atoms with Gasteiger partial charge in [0.1, 0.15) is 6.10 Å². The smallest absolute Gasteiger partial charge is 0.303 e. The van der Waals surface area contributed by atoms with Gasteiger partial charge < -0.3 is 14.6 Å². The highest BCUT2D eigenvalue weighted by Gasteiger charge is 2.67. The average Bonchev–Trinajstić information content (AvgIpc) is 2.53. The van der Waals surface area contributed by atoms with Gasteiger partial charge >= 0.3 is 5.97 Å². The summed E-state index contributed by atoms with van der Waals surface area (Å²) in [7, 11) is 0. The molecule has 2 bridgehead atoms. The Morgan fingerprint density at radius 2 is 2.00 bits per heavy atom. The molecule has 0 unspecified atom stereocenters. The number of hydrogen-bond donors (Lipinski definition) is 1. The third-order valence-corrected chi connectivity index (χ3v) is 8.58. The van der Waals surface area contributed by atoms with Crippen molar-refractivity contribution in [3.8, 4) is 0 Å². The van der Waals surface area contributed by atoms with Gasteiger partial charge in [-0.05, 0) is 56.8 Å². The lowest BCUT2D eigenvalue weighted by Crippen LogP contribution is -2.72. The van der Waals surface area contributed by atoms with Crippen LogP contribution in [0.25, 0.3) is 0 Å². The number of rotatable bonds is 1. The van der Waals surface area contributed by atoms with E-state index in [-0.39, 0.29) is 28.8 Å². The Kier molecular flexibility index (Phi) is 4.13. The first-order chi connectivity index (χ1) is 12.1. The topological polar surface area (TPSA) is 55.8 Å². The van der Waals surface area contributed by atoms with Crippen LogP contribution in [-0.2, 0) is 14.3 Å². The summed E-state index contributed by atoms with van der Waals surface area (Å²) < 4.78 is 11.8. The summed E-state index contributed by atoms with van der Waals surface area (Å²) in [5, 5.41) is 11.4. The lowest BCUT2D eigenvalue weighted by atomic mass is 9.48. The third-order valence-electron chi connectivity index (χ3n) is 8.58. The van der Waals surface area contributed by atoms with Crippen molar-refractivity contribution in [2.75, 3.05) is 6.61 Å². The molecule has 26 heavy (non-hydrogen) atoms. The number of hydrogen-bond acceptors (Lipinski definition) is 4. The second kappa shape index (κ2) is 5.81. The lowest BCUT2D eigenvalue weighted by molar-refractivity contribution is -0.318. The summed E-state index contributed by atoms with van der Waals surface area (Å²) in [5.41, 5.74) is 2.27. The van der Waals surface area contributed by atoms with Gasteiger partial charge in [-0.2, -0.15) is 0 Å². The number of carbonyl (C=O) groups is 1. The van der Waals surface area contributed by atoms with Gasteiger partial charge in [-0.15, -0.1) is 0 Å². The first-order valence-corrected chi connectivity index (χ1v) is 10.3. The molecular formula is C22H34O4. The minimum absolute atomic E-state index is 0.000414. The van der Waals surface area contributed by atoms with Crippen LogP contribution < -0.4 is 0 Å². The van der Waals surface area contributed by atoms with E-state index in [4.69, 9.17) is 9.47 Å². The molecule has 1 aliphatic heterocycles. The Morgan fingerprint density at radius 3 is 2.62 bits per heavy atom. The summed E-state index contributed by atoms with van der Waals surface area (Å²) >= 11 is 0. The molecule has 3 fully saturated rings. The van der Waals surface area contributed by atoms with E-state index in [9.17, 15) is 9.90 Å². The van der Waals surface area contributed by atoms with Crippen LogP contribution in [0.3, 0.4) is 0 Å². The van der Waals surface area contributed by atoms with E-state index in [0.717, 1.165) is 32.1 Å². The molecule has 0 aromatic carbocycles. The molecule has 6 atom stereocenters. The van der Waals surface area contributed by atoms with E-state index in [1.165, 1.54) is 24.5 Å². The molecule has 1 N–H and O–H groups in total. The fraction of sp³-hybridized carbons (Fsp3) is 0.864. The standard InChI is InChI=1S/C22H34O4/c1-13-6-7-15-10-17-21(5,18(24)11-16(13)20(15,3)4)9-8-19-22(17,12-25-19)26-14(2)23/h15,17-19,24H,6-12H2,1-5H3/t15-,17-,18-,19+,21+,22+/m0/s1. The van der Waals surface area contributed by atoms with Gasteiger partial charge in [0.15, 0.2) is 5.60 Å². The van der Waals surface area contributed by atoms with Crippen molar-refractivity contribution >= 4 is 5.97 Å². The second-order valence-electron chi connectivity index (χ2n) is 10.1. The molecule has 1 heterocycles. The molecule has 0 spiro atoms. The molecule has 2 saturated carbocycles. The maximum atomic E-state index is 11.9. The molecule has 146 valence electrons. The fourth-order valence-corrected chi connectivity index (χ4v) is 6.75. The summed E-state index contributed by atoms with van der Waals surface area (Å²) in [6.07, 6.45) is 5.47. The number of aliphatic hydroxyl groups excluding tert-OH is 1. The van der Waals surface area contributed by atoms with E-state index in [1.54, 1.807) is 0 Å². The van der Waals surface area contributed by atoms with Crippen LogP contribution >= 0.6 is 0 Å². The molecule has 3 aliphatic carbocycles. The van der Waals surface area contributed by atoms with E-state index in [1.807, 2.05) is 0 Å². The zero-order chi connectivity index (χ0) is 18.9. The molecule has 0 amide bonds. The Balaban J connectivity index is 1.80. The number of esters is 1. The lowest BCUT2D eigenvalue weighted by Gasteiger charge is -2.64. The van der Waals surface area contributed by atoms with Gasteiger partial charge in [0, 0.05) is 18.3 Å². The summed E-state index contributed by atoms with van der Waals surface area (Å²) in [5.74, 6) is 0.494. The average molecular weight is 363 g/mol. The number of carbonyl (C=O) groups excluding carboxylic acids is 1. The number of allylic oxidation sites excluding steroid dienone is 1. The molecule has 4 nitrogen and oxygen atoms in total. The molecule has 0 radical (unpaired) electrons. The predicted octanol–water partition coefficient (Wildman–Crippen LogP) is 4.01. The number of ether oxygens (including phenoxy) is 2. The molecular weight excluding hydrogens is 328 g/mol. The van der Waals surface area contributed by atoms with Crippen molar-refractivity contribution < 1.29 is 19.4 Å². The van der Waals surface area contributed by atoms with E-state index in [2.05, 4.69) is 27.7 Å². The summed E-state index contributed by atoms with van der Waals surface area (Å²) in [6.45, 7) is 11.2. The first-order valence-electron chi connectivity index (χ1n) is 10.3. The predicted molar refractivity (Wildman–Crippen MR) is 99.5 cm³/mol. The largest absolute Gasteiger partial charge is 0.454 e. The molecule has 0 aromatic heterocycles. The Morgan fingerprint density at radius 1 is 1.27 bits per heavy atom. The van der Waals surface area contributed by atoms with Gasteiger partial charge in [0.05, 0.1) is 12.7 Å². The van der Waals surface area contributed by atoms with Crippen molar-refractivity contribution in [3.05, 3.63) is 11.1 Å². The summed E-state index contributed by atoms with van der Waals surface area (Å²) in [6, 6.07) is 0. The van der Waals surface area contributed by atoms with E-state index in [0.29, 0.717) is 12.5 Å². The molecule has 4 aliphatic rings. The van der Waals surface area contributed by atoms with Crippen LogP contribution in [0.15, 0.2) is 11.1 Å². The van der Waals surface area contributed by atoms with Crippen LogP contribution in [0.2, 0.25) is 0 Å². The third kappa shape index (κ3) is 2.37. The van der Waals surface area contributed by atoms with Gasteiger partial charge in [-0.1, -0.05) is 31.9 Å². The highest BCUT2D eigenvalue weighted by atomic mass is 16.6. The minimum Gasteiger partial charge on any atom is -0.454 e. The first kappa shape index (κ1) is 18.5. The van der Waals surface area contributed by atoms with Crippen LogP contribution in [0.1, 0.15) is 73.1 Å². The van der Waals surface area contributed by atoms with Gasteiger partial charge in [-0.3, -0.25) is 4.79 Å². The van der Waals surface area contributed by atoms with Crippen LogP contribution in [0.4, 0.5) is 0 Å². The van der Waals surface area contributed by atoms with E-state index >= 15 is 0 Å². The Labute approximate surface area is 157 Å². The Bertz CT molecular complexity index is 651. The maximum absolute atomic E-state index is 11.9. The van der Waals surface area contributed by atoms with Gasteiger partial charge in [0.25, 0.3) is 0 Å². The van der Waals surface area contributed by atoms with E-state index < -0.39 is 11.7 Å². The normalized spacial score (nSPS) is 47.0. The van der Waals surface area contributed by atoms with Crippen LogP contribution in [0, 0.1) is 22.7 Å². The van der Waals surface area contributed by atoms with Gasteiger partial charge in [0.2, 0.25) is 0 Å². The highest BCUT2D eigenvalue weighted by molar-refractivity contribution is 5.67. The van der Waals surface area contributed by atoms with Crippen molar-refractivity contribution in [1.29, 1.82) is 0 Å². The SMILES string of the molecule is CC(=O)O[C@@]12CO[C@@H]1CC[C@@]1(C)[C@@H](O)CC3=C(C)CC[C@@H](C[C@@H]12)C3(C)C. The summed E-state index contributed by atoms with van der Waals surface area (Å²) in [4.78, 5) is 11.9. The van der Waals surface area contributed by atoms with Gasteiger partial charge in [-0.25, -0.2) is 0 Å².